The van der Waals surface area contributed by atoms with Gasteiger partial charge in [-0.15, -0.1) is 5.10 Å². The zero-order valence-corrected chi connectivity index (χ0v) is 12.8. The quantitative estimate of drug-likeness (QED) is 0.627. The van der Waals surface area contributed by atoms with Gasteiger partial charge in [0, 0.05) is 29.7 Å². The smallest absolute Gasteiger partial charge is 0.254 e. The number of hydrogen-bond donors (Lipinski definition) is 1. The van der Waals surface area contributed by atoms with E-state index >= 15 is 0 Å². The van der Waals surface area contributed by atoms with Crippen molar-refractivity contribution in [3.63, 3.8) is 0 Å². The summed E-state index contributed by atoms with van der Waals surface area (Å²) in [5.41, 5.74) is 1.91. The van der Waals surface area contributed by atoms with Gasteiger partial charge >= 0.3 is 0 Å². The second-order valence-electron chi connectivity index (χ2n) is 5.28. The van der Waals surface area contributed by atoms with E-state index in [9.17, 15) is 4.39 Å². The van der Waals surface area contributed by atoms with Crippen molar-refractivity contribution >= 4 is 17.3 Å². The third-order valence-corrected chi connectivity index (χ3v) is 3.50. The van der Waals surface area contributed by atoms with Crippen LogP contribution in [0.3, 0.4) is 0 Å². The predicted molar refractivity (Wildman–Crippen MR) is 88.4 cm³/mol. The minimum absolute atomic E-state index is 0.340. The molecule has 24 heavy (non-hydrogen) atoms. The lowest BCUT2D eigenvalue weighted by molar-refractivity contribution is 0.631. The number of nitrogens with zero attached hydrogens (tertiary/aromatic N) is 5. The van der Waals surface area contributed by atoms with Gasteiger partial charge in [-0.1, -0.05) is 12.1 Å². The summed E-state index contributed by atoms with van der Waals surface area (Å²) >= 11 is 0. The van der Waals surface area contributed by atoms with E-state index in [0.717, 1.165) is 11.3 Å². The molecule has 0 saturated heterocycles. The zero-order valence-electron chi connectivity index (χ0n) is 12.8. The molecule has 6 nitrogen and oxygen atoms in total. The Hall–Kier alpha value is -3.35. The van der Waals surface area contributed by atoms with Gasteiger partial charge in [0.25, 0.3) is 5.78 Å². The highest BCUT2D eigenvalue weighted by molar-refractivity contribution is 5.62. The molecule has 3 aromatic heterocycles. The Labute approximate surface area is 137 Å². The summed E-state index contributed by atoms with van der Waals surface area (Å²) in [6, 6.07) is 12.0. The number of hydrogen-bond acceptors (Lipinski definition) is 5. The lowest BCUT2D eigenvalue weighted by Gasteiger charge is -2.09. The Morgan fingerprint density at radius 1 is 1.08 bits per heavy atom. The number of benzene rings is 1. The topological polar surface area (TPSA) is 68.0 Å². The fourth-order valence-corrected chi connectivity index (χ4v) is 2.39. The Kier molecular flexibility index (Phi) is 3.38. The standard InChI is InChI=1S/C17H13FN6/c1-11-9-15(21-14-7-3-2-6-13(14)18)24-17(20-11)22-16(23-24)12-5-4-8-19-10-12/h2-10,21H,1H3. The zero-order chi connectivity index (χ0) is 16.5. The molecule has 0 unspecified atom stereocenters. The minimum atomic E-state index is -0.340. The number of halogens is 1. The van der Waals surface area contributed by atoms with Gasteiger partial charge in [-0.3, -0.25) is 4.98 Å². The Morgan fingerprint density at radius 3 is 2.75 bits per heavy atom. The van der Waals surface area contributed by atoms with Crippen LogP contribution in [-0.4, -0.2) is 24.6 Å². The van der Waals surface area contributed by atoms with Crippen molar-refractivity contribution < 1.29 is 4.39 Å². The lowest BCUT2D eigenvalue weighted by Crippen LogP contribution is -2.03. The number of nitrogens with one attached hydrogen (secondary N) is 1. The van der Waals surface area contributed by atoms with Gasteiger partial charge in [0.15, 0.2) is 5.82 Å². The Balaban J connectivity index is 1.83. The molecule has 0 spiro atoms. The molecule has 0 fully saturated rings. The molecule has 4 rings (SSSR count). The first kappa shape index (κ1) is 14.3. The van der Waals surface area contributed by atoms with Crippen molar-refractivity contribution in [2.45, 2.75) is 6.92 Å². The maximum atomic E-state index is 13.9. The first-order chi connectivity index (χ1) is 11.7. The lowest BCUT2D eigenvalue weighted by atomic mass is 10.3. The van der Waals surface area contributed by atoms with E-state index in [1.165, 1.54) is 6.07 Å². The number of aromatic nitrogens is 5. The molecule has 3 heterocycles. The van der Waals surface area contributed by atoms with Gasteiger partial charge in [0.05, 0.1) is 5.69 Å². The summed E-state index contributed by atoms with van der Waals surface area (Å²) in [5.74, 6) is 1.20. The summed E-state index contributed by atoms with van der Waals surface area (Å²) in [4.78, 5) is 12.9. The van der Waals surface area contributed by atoms with Crippen LogP contribution < -0.4 is 5.32 Å². The summed E-state index contributed by atoms with van der Waals surface area (Å²) in [6.45, 7) is 1.85. The number of rotatable bonds is 3. The van der Waals surface area contributed by atoms with E-state index in [1.807, 2.05) is 19.1 Å². The SMILES string of the molecule is Cc1cc(Nc2ccccc2F)n2nc(-c3cccnc3)nc2n1. The van der Waals surface area contributed by atoms with Crippen molar-refractivity contribution in [1.29, 1.82) is 0 Å². The molecule has 118 valence electrons. The maximum Gasteiger partial charge on any atom is 0.254 e. The number of para-hydroxylation sites is 1. The van der Waals surface area contributed by atoms with Crippen LogP contribution in [0.4, 0.5) is 15.9 Å². The average molecular weight is 320 g/mol. The van der Waals surface area contributed by atoms with Gasteiger partial charge in [0.2, 0.25) is 0 Å². The van der Waals surface area contributed by atoms with Gasteiger partial charge < -0.3 is 5.32 Å². The summed E-state index contributed by atoms with van der Waals surface area (Å²) in [5, 5.41) is 7.52. The molecular formula is C17H13FN6. The van der Waals surface area contributed by atoms with E-state index in [-0.39, 0.29) is 5.82 Å². The van der Waals surface area contributed by atoms with E-state index in [1.54, 1.807) is 41.2 Å². The van der Waals surface area contributed by atoms with E-state index < -0.39 is 0 Å². The highest BCUT2D eigenvalue weighted by Crippen LogP contribution is 2.22. The molecule has 1 N–H and O–H groups in total. The van der Waals surface area contributed by atoms with Crippen LogP contribution in [0.15, 0.2) is 54.9 Å². The number of pyridine rings is 1. The largest absolute Gasteiger partial charge is 0.338 e. The van der Waals surface area contributed by atoms with Crippen molar-refractivity contribution in [1.82, 2.24) is 24.6 Å². The summed E-state index contributed by atoms with van der Waals surface area (Å²) in [6.07, 6.45) is 3.37. The normalized spacial score (nSPS) is 10.9. The van der Waals surface area contributed by atoms with Gasteiger partial charge in [-0.25, -0.2) is 9.37 Å². The van der Waals surface area contributed by atoms with Crippen molar-refractivity contribution in [3.05, 3.63) is 66.4 Å². The number of fused-ring (bicyclic) bond motifs is 1. The molecule has 0 amide bonds. The molecule has 0 saturated carbocycles. The van der Waals surface area contributed by atoms with Crippen molar-refractivity contribution in [3.8, 4) is 11.4 Å². The Bertz CT molecular complexity index is 1010. The van der Waals surface area contributed by atoms with Crippen molar-refractivity contribution in [2.75, 3.05) is 5.32 Å². The van der Waals surface area contributed by atoms with E-state index in [2.05, 4.69) is 25.4 Å². The molecule has 0 aliphatic carbocycles. The minimum Gasteiger partial charge on any atom is -0.338 e. The molecule has 0 atom stereocenters. The van der Waals surface area contributed by atoms with Gasteiger partial charge in [0.1, 0.15) is 11.6 Å². The predicted octanol–water partition coefficient (Wildman–Crippen LogP) is 3.38. The number of anilines is 2. The highest BCUT2D eigenvalue weighted by atomic mass is 19.1. The van der Waals surface area contributed by atoms with Crippen LogP contribution in [0.25, 0.3) is 17.2 Å². The van der Waals surface area contributed by atoms with Crippen LogP contribution in [-0.2, 0) is 0 Å². The molecule has 0 aliphatic heterocycles. The molecule has 4 aromatic rings. The van der Waals surface area contributed by atoms with E-state index in [4.69, 9.17) is 0 Å². The third-order valence-electron chi connectivity index (χ3n) is 3.50. The summed E-state index contributed by atoms with van der Waals surface area (Å²) < 4.78 is 15.5. The first-order valence-electron chi connectivity index (χ1n) is 7.37. The monoisotopic (exact) mass is 320 g/mol. The average Bonchev–Trinajstić information content (AvgIpc) is 3.02. The van der Waals surface area contributed by atoms with Crippen LogP contribution in [0, 0.1) is 12.7 Å². The molecule has 0 radical (unpaired) electrons. The third kappa shape index (κ3) is 2.56. The van der Waals surface area contributed by atoms with Gasteiger partial charge in [-0.05, 0) is 31.2 Å². The second-order valence-corrected chi connectivity index (χ2v) is 5.28. The van der Waals surface area contributed by atoms with Gasteiger partial charge in [-0.2, -0.15) is 9.50 Å². The highest BCUT2D eigenvalue weighted by Gasteiger charge is 2.12. The van der Waals surface area contributed by atoms with Crippen LogP contribution in [0.2, 0.25) is 0 Å². The molecular weight excluding hydrogens is 307 g/mol. The maximum absolute atomic E-state index is 13.9. The van der Waals surface area contributed by atoms with Crippen LogP contribution in [0.1, 0.15) is 5.69 Å². The molecule has 1 aromatic carbocycles. The second kappa shape index (κ2) is 5.69. The van der Waals surface area contributed by atoms with Crippen molar-refractivity contribution in [2.24, 2.45) is 0 Å². The fourth-order valence-electron chi connectivity index (χ4n) is 2.39. The summed E-state index contributed by atoms with van der Waals surface area (Å²) in [7, 11) is 0. The van der Waals surface area contributed by atoms with Crippen LogP contribution in [0.5, 0.6) is 0 Å². The molecule has 0 aliphatic rings. The first-order valence-corrected chi connectivity index (χ1v) is 7.37. The fraction of sp³-hybridized carbons (Fsp3) is 0.0588. The Morgan fingerprint density at radius 2 is 1.96 bits per heavy atom. The molecule has 0 bridgehead atoms. The van der Waals surface area contributed by atoms with Crippen LogP contribution >= 0.6 is 0 Å². The molecule has 7 heteroatoms. The number of aryl methyl sites for hydroxylation is 1. The van der Waals surface area contributed by atoms with E-state index in [0.29, 0.717) is 23.1 Å².